The van der Waals surface area contributed by atoms with Gasteiger partial charge in [0.2, 0.25) is 0 Å². The maximum absolute atomic E-state index is 13.5. The van der Waals surface area contributed by atoms with E-state index in [1.807, 2.05) is 20.8 Å². The lowest BCUT2D eigenvalue weighted by Crippen LogP contribution is -2.22. The summed E-state index contributed by atoms with van der Waals surface area (Å²) in [6.07, 6.45) is 0. The smallest absolute Gasteiger partial charge is 0.150 e. The molecule has 2 N–H and O–H groups in total. The van der Waals surface area contributed by atoms with Gasteiger partial charge in [-0.05, 0) is 18.6 Å². The fraction of sp³-hybridized carbons (Fsp3) is 0.385. The van der Waals surface area contributed by atoms with Crippen LogP contribution < -0.4 is 5.32 Å². The lowest BCUT2D eigenvalue weighted by molar-refractivity contribution is 0.587. The van der Waals surface area contributed by atoms with E-state index >= 15 is 0 Å². The Balaban J connectivity index is 2.50. The number of fused-ring (bicyclic) bond motifs is 1. The summed E-state index contributed by atoms with van der Waals surface area (Å²) in [7, 11) is 0. The summed E-state index contributed by atoms with van der Waals surface area (Å²) < 4.78 is 26.8. The molecule has 0 unspecified atom stereocenters. The third-order valence-corrected chi connectivity index (χ3v) is 2.83. The van der Waals surface area contributed by atoms with E-state index in [0.717, 1.165) is 17.3 Å². The molecule has 0 spiro atoms. The molecule has 0 fully saturated rings. The molecule has 0 bridgehead atoms. The molecule has 4 heteroatoms. The van der Waals surface area contributed by atoms with Gasteiger partial charge >= 0.3 is 0 Å². The highest BCUT2D eigenvalue weighted by molar-refractivity contribution is 5.85. The first-order valence-electron chi connectivity index (χ1n) is 5.68. The highest BCUT2D eigenvalue weighted by Crippen LogP contribution is 2.25. The molecule has 0 aliphatic rings. The van der Waals surface area contributed by atoms with Crippen molar-refractivity contribution in [3.63, 3.8) is 0 Å². The molecule has 2 rings (SSSR count). The van der Waals surface area contributed by atoms with Crippen LogP contribution in [0.3, 0.4) is 0 Å². The van der Waals surface area contributed by atoms with Crippen LogP contribution in [0.4, 0.5) is 8.78 Å². The van der Waals surface area contributed by atoms with E-state index < -0.39 is 11.6 Å². The summed E-state index contributed by atoms with van der Waals surface area (Å²) in [5.41, 5.74) is 2.18. The zero-order valence-corrected chi connectivity index (χ0v) is 10.2. The first kappa shape index (κ1) is 12.0. The third kappa shape index (κ3) is 2.31. The summed E-state index contributed by atoms with van der Waals surface area (Å²) in [4.78, 5) is 2.96. The maximum Gasteiger partial charge on any atom is 0.150 e. The molecule has 2 aromatic rings. The van der Waals surface area contributed by atoms with Gasteiger partial charge in [-0.2, -0.15) is 0 Å². The van der Waals surface area contributed by atoms with Crippen molar-refractivity contribution in [3.8, 4) is 0 Å². The second-order valence-electron chi connectivity index (χ2n) is 4.57. The molecule has 2 nitrogen and oxygen atoms in total. The molecule has 0 saturated carbocycles. The number of nitrogens with one attached hydrogen (secondary N) is 2. The Morgan fingerprint density at radius 1 is 1.29 bits per heavy atom. The second kappa shape index (κ2) is 4.45. The van der Waals surface area contributed by atoms with Crippen LogP contribution in [-0.2, 0) is 6.54 Å². The Labute approximate surface area is 99.0 Å². The Morgan fingerprint density at radius 3 is 2.65 bits per heavy atom. The zero-order chi connectivity index (χ0) is 12.6. The summed E-state index contributed by atoms with van der Waals surface area (Å²) in [6.45, 7) is 6.54. The number of hydrogen-bond acceptors (Lipinski definition) is 1. The number of halogens is 2. The fourth-order valence-electron chi connectivity index (χ4n) is 1.94. The van der Waals surface area contributed by atoms with Gasteiger partial charge in [-0.15, -0.1) is 0 Å². The summed E-state index contributed by atoms with van der Waals surface area (Å²) in [5.74, 6) is -1.08. The number of benzene rings is 1. The maximum atomic E-state index is 13.5. The third-order valence-electron chi connectivity index (χ3n) is 2.83. The molecule has 0 aliphatic carbocycles. The molecule has 1 heterocycles. The van der Waals surface area contributed by atoms with Crippen molar-refractivity contribution >= 4 is 10.9 Å². The van der Waals surface area contributed by atoms with Crippen molar-refractivity contribution in [2.45, 2.75) is 33.4 Å². The predicted octanol–water partition coefficient (Wildman–Crippen LogP) is 3.25. The molecular weight excluding hydrogens is 222 g/mol. The average Bonchev–Trinajstić information content (AvgIpc) is 2.52. The number of hydrogen-bond donors (Lipinski definition) is 2. The van der Waals surface area contributed by atoms with Crippen LogP contribution in [0.25, 0.3) is 10.9 Å². The number of aromatic amines is 1. The monoisotopic (exact) mass is 238 g/mol. The van der Waals surface area contributed by atoms with Crippen molar-refractivity contribution in [3.05, 3.63) is 35.0 Å². The fourth-order valence-corrected chi connectivity index (χ4v) is 1.94. The van der Waals surface area contributed by atoms with E-state index in [4.69, 9.17) is 0 Å². The minimum absolute atomic E-state index is 0.331. The normalized spacial score (nSPS) is 11.6. The van der Waals surface area contributed by atoms with Crippen LogP contribution in [0, 0.1) is 18.6 Å². The van der Waals surface area contributed by atoms with Crippen molar-refractivity contribution in [1.82, 2.24) is 10.3 Å². The van der Waals surface area contributed by atoms with E-state index in [-0.39, 0.29) is 0 Å². The lowest BCUT2D eigenvalue weighted by Gasteiger charge is -2.08. The molecule has 0 aliphatic heterocycles. The average molecular weight is 238 g/mol. The molecule has 0 atom stereocenters. The quantitative estimate of drug-likeness (QED) is 0.844. The van der Waals surface area contributed by atoms with Gasteiger partial charge in [-0.1, -0.05) is 13.8 Å². The van der Waals surface area contributed by atoms with Crippen molar-refractivity contribution in [1.29, 1.82) is 0 Å². The van der Waals surface area contributed by atoms with Gasteiger partial charge in [0.1, 0.15) is 11.6 Å². The molecule has 0 radical (unpaired) electrons. The summed E-state index contributed by atoms with van der Waals surface area (Å²) in [6, 6.07) is 2.61. The zero-order valence-electron chi connectivity index (χ0n) is 10.2. The molecule has 0 amide bonds. The highest BCUT2D eigenvalue weighted by Gasteiger charge is 2.13. The molecule has 92 valence electrons. The topological polar surface area (TPSA) is 27.8 Å². The summed E-state index contributed by atoms with van der Waals surface area (Å²) in [5, 5.41) is 3.87. The number of rotatable bonds is 3. The van der Waals surface area contributed by atoms with Crippen LogP contribution in [0.1, 0.15) is 25.1 Å². The van der Waals surface area contributed by atoms with Crippen LogP contribution in [0.5, 0.6) is 0 Å². The highest BCUT2D eigenvalue weighted by atomic mass is 19.1. The van der Waals surface area contributed by atoms with Crippen molar-refractivity contribution < 1.29 is 8.78 Å². The van der Waals surface area contributed by atoms with Gasteiger partial charge in [0.05, 0.1) is 5.52 Å². The molecule has 1 aromatic heterocycles. The standard InChI is InChI=1S/C13H16F2N2/c1-7(2)16-6-11-8(3)17-13-10(11)4-9(14)5-12(13)15/h4-5,7,16-17H,6H2,1-3H3. The van der Waals surface area contributed by atoms with Crippen LogP contribution in [0.15, 0.2) is 12.1 Å². The van der Waals surface area contributed by atoms with E-state index in [1.54, 1.807) is 0 Å². The minimum atomic E-state index is -0.543. The van der Waals surface area contributed by atoms with Gasteiger partial charge in [0.25, 0.3) is 0 Å². The lowest BCUT2D eigenvalue weighted by atomic mass is 10.1. The minimum Gasteiger partial charge on any atom is -0.356 e. The van der Waals surface area contributed by atoms with Crippen molar-refractivity contribution in [2.24, 2.45) is 0 Å². The van der Waals surface area contributed by atoms with Gasteiger partial charge in [0, 0.05) is 29.7 Å². The van der Waals surface area contributed by atoms with E-state index in [0.29, 0.717) is 23.5 Å². The molecule has 1 aromatic carbocycles. The SMILES string of the molecule is Cc1[nH]c2c(F)cc(F)cc2c1CNC(C)C. The van der Waals surface area contributed by atoms with Crippen LogP contribution in [0.2, 0.25) is 0 Å². The summed E-state index contributed by atoms with van der Waals surface area (Å²) >= 11 is 0. The second-order valence-corrected chi connectivity index (χ2v) is 4.57. The number of H-pyrrole nitrogens is 1. The van der Waals surface area contributed by atoms with Crippen LogP contribution >= 0.6 is 0 Å². The van der Waals surface area contributed by atoms with Crippen LogP contribution in [-0.4, -0.2) is 11.0 Å². The Kier molecular flexibility index (Phi) is 3.15. The Bertz CT molecular complexity index is 544. The van der Waals surface area contributed by atoms with Gasteiger partial charge < -0.3 is 10.3 Å². The largest absolute Gasteiger partial charge is 0.356 e. The number of aryl methyl sites for hydroxylation is 1. The molecule has 0 saturated heterocycles. The van der Waals surface area contributed by atoms with E-state index in [1.165, 1.54) is 6.07 Å². The predicted molar refractivity (Wildman–Crippen MR) is 64.9 cm³/mol. The first-order valence-corrected chi connectivity index (χ1v) is 5.68. The van der Waals surface area contributed by atoms with Gasteiger partial charge in [-0.25, -0.2) is 8.78 Å². The first-order chi connectivity index (χ1) is 7.99. The van der Waals surface area contributed by atoms with Gasteiger partial charge in [-0.3, -0.25) is 0 Å². The van der Waals surface area contributed by atoms with Gasteiger partial charge in [0.15, 0.2) is 0 Å². The Hall–Kier alpha value is -1.42. The Morgan fingerprint density at radius 2 is 2.00 bits per heavy atom. The van der Waals surface area contributed by atoms with E-state index in [9.17, 15) is 8.78 Å². The number of aromatic nitrogens is 1. The van der Waals surface area contributed by atoms with Crippen molar-refractivity contribution in [2.75, 3.05) is 0 Å². The van der Waals surface area contributed by atoms with E-state index in [2.05, 4.69) is 10.3 Å². The molecule has 17 heavy (non-hydrogen) atoms. The molecular formula is C13H16F2N2.